The zero-order valence-corrected chi connectivity index (χ0v) is 21.1. The van der Waals surface area contributed by atoms with Gasteiger partial charge in [-0.05, 0) is 71.2 Å². The topological polar surface area (TPSA) is 47.5 Å². The summed E-state index contributed by atoms with van der Waals surface area (Å²) in [5.41, 5.74) is 0.842. The molecule has 0 saturated carbocycles. The van der Waals surface area contributed by atoms with E-state index in [2.05, 4.69) is 47.3 Å². The largest absolute Gasteiger partial charge is 0.471 e. The fourth-order valence-electron chi connectivity index (χ4n) is 2.93. The maximum atomic E-state index is 11.9. The lowest BCUT2D eigenvalue weighted by Gasteiger charge is -2.30. The number of likely N-dealkylation sites (tertiary alicyclic amines) is 1. The standard InChI is InChI=1S/C17H29N3O.C6H4F2.C3H8O/c1-5-17(3,4)21-16-13-18-12-15(19-16)8-11-20-9-6-14(2)7-10-20;7-5-2-1-3-6(8)4-5;1-3-4-2/h12-14H,5-11H2,1-4H3;1-4H;3H2,1-2H3. The molecular weight excluding hydrogens is 424 g/mol. The van der Waals surface area contributed by atoms with Crippen LogP contribution in [-0.2, 0) is 11.2 Å². The van der Waals surface area contributed by atoms with E-state index in [1.165, 1.54) is 44.1 Å². The summed E-state index contributed by atoms with van der Waals surface area (Å²) in [6, 6.07) is 4.55. The highest BCUT2D eigenvalue weighted by Gasteiger charge is 2.18. The molecule has 3 rings (SSSR count). The molecule has 2 aromatic rings. The maximum Gasteiger partial charge on any atom is 0.233 e. The summed E-state index contributed by atoms with van der Waals surface area (Å²) >= 11 is 0. The summed E-state index contributed by atoms with van der Waals surface area (Å²) < 4.78 is 34.3. The third kappa shape index (κ3) is 13.2. The highest BCUT2D eigenvalue weighted by Crippen LogP contribution is 2.19. The quantitative estimate of drug-likeness (QED) is 0.507. The molecule has 0 spiro atoms. The van der Waals surface area contributed by atoms with Crippen LogP contribution < -0.4 is 4.74 Å². The van der Waals surface area contributed by atoms with Crippen LogP contribution in [-0.4, -0.2) is 53.8 Å². The van der Waals surface area contributed by atoms with E-state index in [1.54, 1.807) is 13.3 Å². The summed E-state index contributed by atoms with van der Waals surface area (Å²) in [5.74, 6) is 0.454. The molecule has 5 nitrogen and oxygen atoms in total. The van der Waals surface area contributed by atoms with Gasteiger partial charge in [-0.15, -0.1) is 0 Å². The molecule has 2 heterocycles. The van der Waals surface area contributed by atoms with Crippen molar-refractivity contribution in [3.05, 3.63) is 54.0 Å². The minimum absolute atomic E-state index is 0.184. The van der Waals surface area contributed by atoms with E-state index in [1.807, 2.05) is 13.1 Å². The minimum Gasteiger partial charge on any atom is -0.471 e. The maximum absolute atomic E-state index is 11.9. The number of rotatable bonds is 7. The predicted octanol–water partition coefficient (Wildman–Crippen LogP) is 5.94. The van der Waals surface area contributed by atoms with Crippen LogP contribution in [0.5, 0.6) is 5.88 Å². The van der Waals surface area contributed by atoms with Gasteiger partial charge in [0.15, 0.2) is 0 Å². The Bertz CT molecular complexity index is 762. The molecule has 1 fully saturated rings. The molecule has 0 amide bonds. The van der Waals surface area contributed by atoms with Crippen molar-refractivity contribution in [3.63, 3.8) is 0 Å². The van der Waals surface area contributed by atoms with Crippen LogP contribution in [0.25, 0.3) is 0 Å². The van der Waals surface area contributed by atoms with Crippen LogP contribution in [0.2, 0.25) is 0 Å². The first-order valence-electron chi connectivity index (χ1n) is 11.8. The van der Waals surface area contributed by atoms with E-state index in [4.69, 9.17) is 4.74 Å². The van der Waals surface area contributed by atoms with Gasteiger partial charge >= 0.3 is 0 Å². The van der Waals surface area contributed by atoms with E-state index in [-0.39, 0.29) is 5.60 Å². The van der Waals surface area contributed by atoms with Crippen molar-refractivity contribution in [2.75, 3.05) is 33.4 Å². The molecule has 0 N–H and O–H groups in total. The molecule has 186 valence electrons. The van der Waals surface area contributed by atoms with E-state index < -0.39 is 11.6 Å². The summed E-state index contributed by atoms with van der Waals surface area (Å²) in [6.07, 6.45) is 8.11. The Morgan fingerprint density at radius 1 is 1.09 bits per heavy atom. The lowest BCUT2D eigenvalue weighted by Crippen LogP contribution is -2.34. The SMILES string of the molecule is CCC(C)(C)Oc1cncc(CCN2CCC(C)CC2)n1.CCOC.Fc1cccc(F)c1. The number of aromatic nitrogens is 2. The molecule has 7 heteroatoms. The van der Waals surface area contributed by atoms with Gasteiger partial charge < -0.3 is 14.4 Å². The summed E-state index contributed by atoms with van der Waals surface area (Å²) in [4.78, 5) is 11.4. The second-order valence-electron chi connectivity index (χ2n) is 8.86. The van der Waals surface area contributed by atoms with Crippen LogP contribution in [0.1, 0.15) is 59.6 Å². The van der Waals surface area contributed by atoms with Gasteiger partial charge in [0.25, 0.3) is 0 Å². The number of piperidine rings is 1. The zero-order chi connectivity index (χ0) is 24.7. The van der Waals surface area contributed by atoms with Crippen LogP contribution in [0.4, 0.5) is 8.78 Å². The summed E-state index contributed by atoms with van der Waals surface area (Å²) in [6.45, 7) is 14.9. The van der Waals surface area contributed by atoms with Crippen molar-refractivity contribution >= 4 is 0 Å². The van der Waals surface area contributed by atoms with E-state index in [0.29, 0.717) is 5.88 Å². The Morgan fingerprint density at radius 2 is 1.70 bits per heavy atom. The first-order chi connectivity index (χ1) is 15.7. The molecule has 1 aromatic carbocycles. The number of methoxy groups -OCH3 is 1. The monoisotopic (exact) mass is 465 g/mol. The number of benzene rings is 1. The second kappa shape index (κ2) is 15.7. The average Bonchev–Trinajstić information content (AvgIpc) is 2.79. The van der Waals surface area contributed by atoms with Gasteiger partial charge in [0, 0.05) is 38.9 Å². The van der Waals surface area contributed by atoms with Gasteiger partial charge in [-0.3, -0.25) is 4.98 Å². The van der Waals surface area contributed by atoms with Crippen LogP contribution >= 0.6 is 0 Å². The molecule has 1 saturated heterocycles. The van der Waals surface area contributed by atoms with Crippen LogP contribution in [0.3, 0.4) is 0 Å². The Labute approximate surface area is 198 Å². The Kier molecular flexibility index (Phi) is 13.7. The third-order valence-corrected chi connectivity index (χ3v) is 5.53. The molecule has 1 aliphatic rings. The van der Waals surface area contributed by atoms with Gasteiger partial charge in [0.2, 0.25) is 5.88 Å². The predicted molar refractivity (Wildman–Crippen MR) is 129 cm³/mol. The van der Waals surface area contributed by atoms with E-state index in [0.717, 1.165) is 43.7 Å². The molecule has 33 heavy (non-hydrogen) atoms. The summed E-state index contributed by atoms with van der Waals surface area (Å²) in [5, 5.41) is 0. The summed E-state index contributed by atoms with van der Waals surface area (Å²) in [7, 11) is 1.68. The number of hydrogen-bond acceptors (Lipinski definition) is 5. The first kappa shape index (κ1) is 28.9. The van der Waals surface area contributed by atoms with Gasteiger partial charge in [-0.25, -0.2) is 13.8 Å². The smallest absolute Gasteiger partial charge is 0.233 e. The van der Waals surface area contributed by atoms with Gasteiger partial charge in [0.1, 0.15) is 17.2 Å². The van der Waals surface area contributed by atoms with Crippen LogP contribution in [0, 0.1) is 17.6 Å². The van der Waals surface area contributed by atoms with Crippen molar-refractivity contribution in [1.29, 1.82) is 0 Å². The molecule has 0 bridgehead atoms. The molecule has 1 aliphatic heterocycles. The first-order valence-corrected chi connectivity index (χ1v) is 11.8. The van der Waals surface area contributed by atoms with Gasteiger partial charge in [-0.1, -0.05) is 19.9 Å². The van der Waals surface area contributed by atoms with Crippen molar-refractivity contribution in [1.82, 2.24) is 14.9 Å². The molecule has 0 radical (unpaired) electrons. The fraction of sp³-hybridized carbons (Fsp3) is 0.615. The Balaban J connectivity index is 0.000000372. The highest BCUT2D eigenvalue weighted by molar-refractivity contribution is 5.10. The molecular formula is C26H41F2N3O2. The molecule has 0 atom stereocenters. The van der Waals surface area contributed by atoms with Crippen molar-refractivity contribution in [3.8, 4) is 5.88 Å². The third-order valence-electron chi connectivity index (χ3n) is 5.53. The highest BCUT2D eigenvalue weighted by atomic mass is 19.1. The average molecular weight is 466 g/mol. The Hall–Kier alpha value is -2.12. The fourth-order valence-corrected chi connectivity index (χ4v) is 2.93. The van der Waals surface area contributed by atoms with Crippen LogP contribution in [0.15, 0.2) is 36.7 Å². The molecule has 0 unspecified atom stereocenters. The number of halogens is 2. The number of ether oxygens (including phenoxy) is 2. The van der Waals surface area contributed by atoms with Crippen molar-refractivity contribution < 1.29 is 18.3 Å². The lowest BCUT2D eigenvalue weighted by molar-refractivity contribution is 0.0980. The Morgan fingerprint density at radius 3 is 2.18 bits per heavy atom. The van der Waals surface area contributed by atoms with Crippen molar-refractivity contribution in [2.45, 2.75) is 65.9 Å². The van der Waals surface area contributed by atoms with Crippen molar-refractivity contribution in [2.24, 2.45) is 5.92 Å². The van der Waals surface area contributed by atoms with Gasteiger partial charge in [-0.2, -0.15) is 0 Å². The minimum atomic E-state index is -0.537. The second-order valence-corrected chi connectivity index (χ2v) is 8.86. The van der Waals surface area contributed by atoms with E-state index >= 15 is 0 Å². The number of nitrogens with zero attached hydrogens (tertiary/aromatic N) is 3. The van der Waals surface area contributed by atoms with E-state index in [9.17, 15) is 8.78 Å². The molecule has 0 aliphatic carbocycles. The van der Waals surface area contributed by atoms with Gasteiger partial charge in [0.05, 0.1) is 11.9 Å². The molecule has 1 aromatic heterocycles. The number of hydrogen-bond donors (Lipinski definition) is 0. The normalized spacial score (nSPS) is 14.5. The zero-order valence-electron chi connectivity index (χ0n) is 21.1. The lowest BCUT2D eigenvalue weighted by atomic mass is 9.99.